The van der Waals surface area contributed by atoms with Crippen LogP contribution < -0.4 is 10.6 Å². The Morgan fingerprint density at radius 1 is 1.06 bits per heavy atom. The normalized spacial score (nSPS) is 19.1. The fourth-order valence-corrected chi connectivity index (χ4v) is 4.65. The van der Waals surface area contributed by atoms with E-state index < -0.39 is 0 Å². The van der Waals surface area contributed by atoms with Gasteiger partial charge in [0.2, 0.25) is 0 Å². The van der Waals surface area contributed by atoms with Crippen LogP contribution >= 0.6 is 0 Å². The van der Waals surface area contributed by atoms with Crippen LogP contribution in [-0.2, 0) is 5.41 Å². The van der Waals surface area contributed by atoms with Crippen LogP contribution in [0.2, 0.25) is 0 Å². The molecule has 1 saturated heterocycles. The molecule has 2 aromatic heterocycles. The third kappa shape index (κ3) is 3.96. The zero-order valence-electron chi connectivity index (χ0n) is 18.4. The molecule has 0 spiro atoms. The number of rotatable bonds is 7. The minimum atomic E-state index is -0.279. The predicted molar refractivity (Wildman–Crippen MR) is 123 cm³/mol. The maximum absolute atomic E-state index is 9.15. The summed E-state index contributed by atoms with van der Waals surface area (Å²) >= 11 is 0. The topological polar surface area (TPSA) is 105 Å². The smallest absolute Gasteiger partial charge is 0.324 e. The molecule has 1 atom stereocenters. The highest BCUT2D eigenvalue weighted by Gasteiger charge is 2.47. The number of pyridine rings is 1. The number of nitrogens with two attached hydrogens (primary N) is 1. The number of anilines is 2. The number of aliphatic hydroxyl groups is 1. The lowest BCUT2D eigenvalue weighted by atomic mass is 9.77. The van der Waals surface area contributed by atoms with Crippen molar-refractivity contribution in [1.29, 1.82) is 0 Å². The van der Waals surface area contributed by atoms with Gasteiger partial charge in [-0.15, -0.1) is 0 Å². The molecule has 2 fully saturated rings. The minimum Gasteiger partial charge on any atom is -0.395 e. The first kappa shape index (κ1) is 20.9. The third-order valence-corrected chi connectivity index (χ3v) is 6.94. The Balaban J connectivity index is 1.37. The molecule has 1 aromatic carbocycles. The molecule has 3 heterocycles. The monoisotopic (exact) mass is 434 g/mol. The van der Waals surface area contributed by atoms with E-state index in [0.717, 1.165) is 43.1 Å². The van der Waals surface area contributed by atoms with Crippen LogP contribution in [-0.4, -0.2) is 64.5 Å². The number of hydrogen-bond donors (Lipinski definition) is 2. The van der Waals surface area contributed by atoms with Gasteiger partial charge in [0.1, 0.15) is 5.82 Å². The maximum Gasteiger partial charge on any atom is 0.324 e. The Morgan fingerprint density at radius 2 is 1.78 bits per heavy atom. The van der Waals surface area contributed by atoms with Crippen LogP contribution in [0.3, 0.4) is 0 Å². The van der Waals surface area contributed by atoms with Gasteiger partial charge in [0, 0.05) is 44.5 Å². The van der Waals surface area contributed by atoms with Crippen LogP contribution in [0.1, 0.15) is 31.2 Å². The van der Waals surface area contributed by atoms with E-state index in [1.54, 1.807) is 6.20 Å². The second-order valence-electron chi connectivity index (χ2n) is 8.98. The summed E-state index contributed by atoms with van der Waals surface area (Å²) < 4.78 is 5.73. The molecule has 8 heteroatoms. The number of benzene rings is 1. The van der Waals surface area contributed by atoms with Gasteiger partial charge < -0.3 is 20.3 Å². The zero-order chi connectivity index (χ0) is 22.1. The van der Waals surface area contributed by atoms with Crippen LogP contribution in [0.15, 0.2) is 47.1 Å². The molecule has 1 unspecified atom stereocenters. The van der Waals surface area contributed by atoms with E-state index in [2.05, 4.69) is 51.1 Å². The van der Waals surface area contributed by atoms with E-state index >= 15 is 0 Å². The Labute approximate surface area is 188 Å². The summed E-state index contributed by atoms with van der Waals surface area (Å²) in [6, 6.07) is 13.0. The van der Waals surface area contributed by atoms with E-state index in [-0.39, 0.29) is 12.0 Å². The van der Waals surface area contributed by atoms with Crippen molar-refractivity contribution in [2.24, 2.45) is 5.92 Å². The molecular weight excluding hydrogens is 404 g/mol. The molecule has 0 radical (unpaired) electrons. The summed E-state index contributed by atoms with van der Waals surface area (Å²) in [5, 5.41) is 13.6. The van der Waals surface area contributed by atoms with Gasteiger partial charge in [-0.05, 0) is 48.9 Å². The van der Waals surface area contributed by atoms with Crippen molar-refractivity contribution in [3.63, 3.8) is 0 Å². The lowest BCUT2D eigenvalue weighted by Crippen LogP contribution is -2.47. The molecule has 1 aliphatic carbocycles. The molecule has 0 bridgehead atoms. The summed E-state index contributed by atoms with van der Waals surface area (Å²) in [4.78, 5) is 13.5. The number of β-amino-alcohol motifs (C(OH)–C–C–N with tert-alkyl or cyclic N) is 1. The molecule has 1 aliphatic heterocycles. The van der Waals surface area contributed by atoms with Gasteiger partial charge in [-0.25, -0.2) is 4.98 Å². The fourth-order valence-electron chi connectivity index (χ4n) is 4.65. The van der Waals surface area contributed by atoms with Gasteiger partial charge >= 0.3 is 6.01 Å². The van der Waals surface area contributed by atoms with E-state index in [1.165, 1.54) is 18.4 Å². The van der Waals surface area contributed by atoms with Crippen molar-refractivity contribution in [3.8, 4) is 11.1 Å². The lowest BCUT2D eigenvalue weighted by molar-refractivity contribution is 0.186. The average Bonchev–Trinajstić information content (AvgIpc) is 3.57. The Bertz CT molecular complexity index is 1040. The first-order chi connectivity index (χ1) is 15.6. The van der Waals surface area contributed by atoms with Crippen molar-refractivity contribution in [3.05, 3.63) is 54.0 Å². The van der Waals surface area contributed by atoms with E-state index in [9.17, 15) is 0 Å². The van der Waals surface area contributed by atoms with Crippen molar-refractivity contribution in [2.75, 3.05) is 50.0 Å². The fraction of sp³-hybridized carbons (Fsp3) is 0.458. The standard InChI is InChI=1S/C24H30N6O2/c1-24(20-7-8-20,19-5-2-17(3-6-19)18-4-9-21(25)26-16-18)22-27-23(32-28-22)30-12-10-29(11-13-30)14-15-31/h2-6,9,16,20,31H,7-8,10-15H2,1H3,(H2,25,26). The van der Waals surface area contributed by atoms with E-state index in [1.807, 2.05) is 12.1 Å². The number of hydrogen-bond acceptors (Lipinski definition) is 8. The van der Waals surface area contributed by atoms with Gasteiger partial charge in [0.25, 0.3) is 0 Å². The number of nitrogens with zero attached hydrogens (tertiary/aromatic N) is 5. The van der Waals surface area contributed by atoms with Gasteiger partial charge in [0.05, 0.1) is 12.0 Å². The van der Waals surface area contributed by atoms with Gasteiger partial charge in [-0.2, -0.15) is 4.98 Å². The van der Waals surface area contributed by atoms with Crippen molar-refractivity contribution < 1.29 is 9.63 Å². The predicted octanol–water partition coefficient (Wildman–Crippen LogP) is 2.54. The van der Waals surface area contributed by atoms with Crippen LogP contribution in [0.4, 0.5) is 11.8 Å². The number of aliphatic hydroxyl groups excluding tert-OH is 1. The number of piperazine rings is 1. The first-order valence-electron chi connectivity index (χ1n) is 11.3. The SMILES string of the molecule is CC(c1ccc(-c2ccc(N)nc2)cc1)(c1noc(N2CCN(CCO)CC2)n1)C1CC1. The number of aromatic nitrogens is 3. The van der Waals surface area contributed by atoms with Gasteiger partial charge in [-0.3, -0.25) is 4.90 Å². The van der Waals surface area contributed by atoms with Crippen LogP contribution in [0.25, 0.3) is 11.1 Å². The average molecular weight is 435 g/mol. The van der Waals surface area contributed by atoms with E-state index in [4.69, 9.17) is 20.3 Å². The van der Waals surface area contributed by atoms with Gasteiger partial charge in [0.15, 0.2) is 5.82 Å². The molecule has 168 valence electrons. The van der Waals surface area contributed by atoms with Crippen LogP contribution in [0.5, 0.6) is 0 Å². The highest BCUT2D eigenvalue weighted by molar-refractivity contribution is 5.64. The molecule has 1 saturated carbocycles. The quantitative estimate of drug-likeness (QED) is 0.585. The second-order valence-corrected chi connectivity index (χ2v) is 8.98. The molecule has 3 aromatic rings. The summed E-state index contributed by atoms with van der Waals surface area (Å²) in [7, 11) is 0. The van der Waals surface area contributed by atoms with Crippen molar-refractivity contribution in [2.45, 2.75) is 25.2 Å². The highest BCUT2D eigenvalue weighted by Crippen LogP contribution is 2.50. The Kier molecular flexibility index (Phi) is 5.57. The maximum atomic E-state index is 9.15. The molecule has 2 aliphatic rings. The first-order valence-corrected chi connectivity index (χ1v) is 11.3. The third-order valence-electron chi connectivity index (χ3n) is 6.94. The Hall–Kier alpha value is -2.97. The van der Waals surface area contributed by atoms with Crippen molar-refractivity contribution in [1.82, 2.24) is 20.0 Å². The molecule has 32 heavy (non-hydrogen) atoms. The lowest BCUT2D eigenvalue weighted by Gasteiger charge is -2.33. The molecule has 5 rings (SSSR count). The summed E-state index contributed by atoms with van der Waals surface area (Å²) in [5.74, 6) is 1.79. The largest absolute Gasteiger partial charge is 0.395 e. The molecule has 3 N–H and O–H groups in total. The molecular formula is C24H30N6O2. The zero-order valence-corrected chi connectivity index (χ0v) is 18.4. The molecule has 8 nitrogen and oxygen atoms in total. The summed E-state index contributed by atoms with van der Waals surface area (Å²) in [6.07, 6.45) is 4.14. The summed E-state index contributed by atoms with van der Waals surface area (Å²) in [6.45, 7) is 6.57. The number of nitrogen functional groups attached to an aromatic ring is 1. The van der Waals surface area contributed by atoms with Crippen LogP contribution in [0, 0.1) is 5.92 Å². The molecule has 0 amide bonds. The Morgan fingerprint density at radius 3 is 2.41 bits per heavy atom. The highest BCUT2D eigenvalue weighted by atomic mass is 16.5. The van der Waals surface area contributed by atoms with E-state index in [0.29, 0.717) is 24.3 Å². The van der Waals surface area contributed by atoms with Crippen molar-refractivity contribution >= 4 is 11.8 Å². The minimum absolute atomic E-state index is 0.193. The summed E-state index contributed by atoms with van der Waals surface area (Å²) in [5.41, 5.74) is 8.79. The second kappa shape index (κ2) is 8.52. The van der Waals surface area contributed by atoms with Gasteiger partial charge in [-0.1, -0.05) is 29.4 Å².